The number of hydrogen-bond donors (Lipinski definition) is 0. The third kappa shape index (κ3) is 3.48. The first-order valence-corrected chi connectivity index (χ1v) is 10.7. The molecule has 0 saturated carbocycles. The van der Waals surface area contributed by atoms with Crippen LogP contribution in [0, 0.1) is 6.92 Å². The number of aryl methyl sites for hydroxylation is 2. The number of nitrogens with zero attached hydrogens (tertiary/aromatic N) is 5. The molecule has 0 amide bonds. The lowest BCUT2D eigenvalue weighted by Crippen LogP contribution is -2.46. The summed E-state index contributed by atoms with van der Waals surface area (Å²) in [6, 6.07) is 14.4. The summed E-state index contributed by atoms with van der Waals surface area (Å²) in [4.78, 5) is 22.1. The standard InChI is InChI=1S/C24H27N5O/c1-19-5-6-21-23(18-19)28-12-2-4-22(28)24(30)29(21)13-3-11-26-14-16-27(17-15-26)20-7-9-25-10-8-20/h2,4-10,12,18H,3,11,13-17H2,1H3. The molecule has 1 aliphatic heterocycles. The summed E-state index contributed by atoms with van der Waals surface area (Å²) in [5.74, 6) is 0. The topological polar surface area (TPSA) is 45.8 Å². The Bertz CT molecular complexity index is 1220. The maximum absolute atomic E-state index is 13.1. The van der Waals surface area contributed by atoms with Crippen molar-refractivity contribution in [2.75, 3.05) is 37.6 Å². The van der Waals surface area contributed by atoms with Crippen LogP contribution in [-0.4, -0.2) is 51.6 Å². The van der Waals surface area contributed by atoms with Gasteiger partial charge in [0.25, 0.3) is 5.56 Å². The molecule has 4 heterocycles. The zero-order valence-corrected chi connectivity index (χ0v) is 17.4. The number of benzene rings is 1. The second kappa shape index (κ2) is 7.95. The Morgan fingerprint density at radius 2 is 1.70 bits per heavy atom. The number of hydrogen-bond acceptors (Lipinski definition) is 4. The van der Waals surface area contributed by atoms with Crippen molar-refractivity contribution < 1.29 is 0 Å². The number of anilines is 1. The fraction of sp³-hybridized carbons (Fsp3) is 0.333. The van der Waals surface area contributed by atoms with Gasteiger partial charge in [-0.3, -0.25) is 14.7 Å². The van der Waals surface area contributed by atoms with Crippen LogP contribution in [0.3, 0.4) is 0 Å². The molecule has 0 radical (unpaired) electrons. The van der Waals surface area contributed by atoms with Crippen molar-refractivity contribution in [2.45, 2.75) is 19.9 Å². The minimum atomic E-state index is 0.0962. The van der Waals surface area contributed by atoms with Crippen LogP contribution >= 0.6 is 0 Å². The monoisotopic (exact) mass is 401 g/mol. The van der Waals surface area contributed by atoms with Crippen LogP contribution in [0.5, 0.6) is 0 Å². The summed E-state index contributed by atoms with van der Waals surface area (Å²) >= 11 is 0. The van der Waals surface area contributed by atoms with Gasteiger partial charge in [-0.15, -0.1) is 0 Å². The van der Waals surface area contributed by atoms with Gasteiger partial charge in [0.1, 0.15) is 5.52 Å². The number of piperazine rings is 1. The van der Waals surface area contributed by atoms with Crippen molar-refractivity contribution in [1.29, 1.82) is 0 Å². The van der Waals surface area contributed by atoms with E-state index in [2.05, 4.69) is 52.0 Å². The lowest BCUT2D eigenvalue weighted by atomic mass is 10.2. The highest BCUT2D eigenvalue weighted by Crippen LogP contribution is 2.18. The van der Waals surface area contributed by atoms with Gasteiger partial charge in [0.15, 0.2) is 0 Å². The van der Waals surface area contributed by atoms with Gasteiger partial charge in [-0.25, -0.2) is 0 Å². The molecule has 0 atom stereocenters. The molecule has 0 aliphatic carbocycles. The highest BCUT2D eigenvalue weighted by Gasteiger charge is 2.17. The Labute approximate surface area is 176 Å². The molecule has 3 aromatic heterocycles. The summed E-state index contributed by atoms with van der Waals surface area (Å²) < 4.78 is 3.97. The number of aromatic nitrogens is 3. The normalized spacial score (nSPS) is 15.3. The molecule has 6 heteroatoms. The lowest BCUT2D eigenvalue weighted by Gasteiger charge is -2.36. The van der Waals surface area contributed by atoms with Crippen molar-refractivity contribution in [2.24, 2.45) is 0 Å². The number of rotatable bonds is 5. The van der Waals surface area contributed by atoms with Crippen LogP contribution in [0.1, 0.15) is 12.0 Å². The van der Waals surface area contributed by atoms with E-state index in [9.17, 15) is 4.79 Å². The first-order chi connectivity index (χ1) is 14.7. The molecule has 0 unspecified atom stereocenters. The molecule has 1 aromatic carbocycles. The van der Waals surface area contributed by atoms with Gasteiger partial charge >= 0.3 is 0 Å². The largest absolute Gasteiger partial charge is 0.369 e. The SMILES string of the molecule is Cc1ccc2c(c1)n1cccc1c(=O)n2CCCN1CCN(c2ccncc2)CC1. The molecule has 30 heavy (non-hydrogen) atoms. The second-order valence-electron chi connectivity index (χ2n) is 8.10. The Kier molecular flexibility index (Phi) is 5.01. The van der Waals surface area contributed by atoms with Crippen LogP contribution in [-0.2, 0) is 6.54 Å². The van der Waals surface area contributed by atoms with Gasteiger partial charge in [0.05, 0.1) is 11.0 Å². The summed E-state index contributed by atoms with van der Waals surface area (Å²) in [6.45, 7) is 8.00. The molecule has 0 spiro atoms. The van der Waals surface area contributed by atoms with Crippen molar-refractivity contribution in [3.8, 4) is 0 Å². The Morgan fingerprint density at radius 1 is 0.900 bits per heavy atom. The third-order valence-corrected chi connectivity index (χ3v) is 6.15. The fourth-order valence-corrected chi connectivity index (χ4v) is 4.53. The van der Waals surface area contributed by atoms with E-state index in [0.29, 0.717) is 0 Å². The van der Waals surface area contributed by atoms with Gasteiger partial charge in [0.2, 0.25) is 0 Å². The van der Waals surface area contributed by atoms with Crippen LogP contribution in [0.15, 0.2) is 65.8 Å². The summed E-state index contributed by atoms with van der Waals surface area (Å²) in [5, 5.41) is 0. The second-order valence-corrected chi connectivity index (χ2v) is 8.10. The van der Waals surface area contributed by atoms with Crippen LogP contribution in [0.25, 0.3) is 16.6 Å². The molecular formula is C24H27N5O. The minimum absolute atomic E-state index is 0.0962. The van der Waals surface area contributed by atoms with E-state index in [4.69, 9.17) is 0 Å². The Hall–Kier alpha value is -3.12. The molecule has 6 nitrogen and oxygen atoms in total. The molecule has 5 rings (SSSR count). The van der Waals surface area contributed by atoms with Crippen molar-refractivity contribution in [3.63, 3.8) is 0 Å². The smallest absolute Gasteiger partial charge is 0.275 e. The van der Waals surface area contributed by atoms with Crippen molar-refractivity contribution in [3.05, 3.63) is 77.0 Å². The van der Waals surface area contributed by atoms with Gasteiger partial charge in [-0.1, -0.05) is 6.07 Å². The molecule has 1 saturated heterocycles. The van der Waals surface area contributed by atoms with E-state index in [0.717, 1.165) is 62.2 Å². The van der Waals surface area contributed by atoms with Gasteiger partial charge in [-0.2, -0.15) is 0 Å². The van der Waals surface area contributed by atoms with Crippen LogP contribution < -0.4 is 10.5 Å². The molecule has 1 aliphatic rings. The Morgan fingerprint density at radius 3 is 2.50 bits per heavy atom. The zero-order chi connectivity index (χ0) is 20.5. The molecule has 4 aromatic rings. The quantitative estimate of drug-likeness (QED) is 0.515. The van der Waals surface area contributed by atoms with Crippen molar-refractivity contribution >= 4 is 22.2 Å². The number of fused-ring (bicyclic) bond motifs is 3. The third-order valence-electron chi connectivity index (χ3n) is 6.15. The van der Waals surface area contributed by atoms with E-state index in [-0.39, 0.29) is 5.56 Å². The predicted octanol–water partition coefficient (Wildman–Crippen LogP) is 3.17. The highest BCUT2D eigenvalue weighted by atomic mass is 16.1. The van der Waals surface area contributed by atoms with Gasteiger partial charge in [0, 0.05) is 57.0 Å². The predicted molar refractivity (Wildman–Crippen MR) is 121 cm³/mol. The zero-order valence-electron chi connectivity index (χ0n) is 17.4. The maximum Gasteiger partial charge on any atom is 0.275 e. The molecular weight excluding hydrogens is 374 g/mol. The van der Waals surface area contributed by atoms with E-state index in [1.807, 2.05) is 39.7 Å². The summed E-state index contributed by atoms with van der Waals surface area (Å²) in [7, 11) is 0. The maximum atomic E-state index is 13.1. The van der Waals surface area contributed by atoms with Crippen molar-refractivity contribution in [1.82, 2.24) is 18.9 Å². The first-order valence-electron chi connectivity index (χ1n) is 10.7. The Balaban J connectivity index is 1.28. The van der Waals surface area contributed by atoms with E-state index < -0.39 is 0 Å². The summed E-state index contributed by atoms with van der Waals surface area (Å²) in [5.41, 5.74) is 5.41. The van der Waals surface area contributed by atoms with E-state index in [1.54, 1.807) is 0 Å². The van der Waals surface area contributed by atoms with E-state index in [1.165, 1.54) is 11.3 Å². The molecule has 154 valence electrons. The number of pyridine rings is 1. The van der Waals surface area contributed by atoms with Crippen LogP contribution in [0.4, 0.5) is 5.69 Å². The average molecular weight is 402 g/mol. The minimum Gasteiger partial charge on any atom is -0.369 e. The van der Waals surface area contributed by atoms with Gasteiger partial charge in [-0.05, 0) is 61.9 Å². The highest BCUT2D eigenvalue weighted by molar-refractivity contribution is 5.79. The van der Waals surface area contributed by atoms with Crippen LogP contribution in [0.2, 0.25) is 0 Å². The molecule has 0 N–H and O–H groups in total. The summed E-state index contributed by atoms with van der Waals surface area (Å²) in [6.07, 6.45) is 6.65. The fourth-order valence-electron chi connectivity index (χ4n) is 4.53. The lowest BCUT2D eigenvalue weighted by molar-refractivity contribution is 0.250. The average Bonchev–Trinajstić information content (AvgIpc) is 3.28. The molecule has 1 fully saturated rings. The van der Waals surface area contributed by atoms with Gasteiger partial charge < -0.3 is 13.9 Å². The molecule has 0 bridgehead atoms. The first kappa shape index (κ1) is 18.9. The van der Waals surface area contributed by atoms with E-state index >= 15 is 0 Å².